The van der Waals surface area contributed by atoms with Gasteiger partial charge in [0.15, 0.2) is 11.5 Å². The van der Waals surface area contributed by atoms with Crippen LogP contribution in [0.2, 0.25) is 5.02 Å². The van der Waals surface area contributed by atoms with Crippen LogP contribution in [0.4, 0.5) is 0 Å². The number of carbonyl (C=O) groups is 1. The van der Waals surface area contributed by atoms with Crippen LogP contribution in [0.25, 0.3) is 0 Å². The molecule has 0 aromatic carbocycles. The number of halogens is 1. The Kier molecular flexibility index (Phi) is 4.39. The van der Waals surface area contributed by atoms with E-state index in [2.05, 4.69) is 32.6 Å². The molecular formula is C12H17ClN6O. The molecule has 1 amide bonds. The number of hydrogen-bond acceptors (Lipinski definition) is 4. The summed E-state index contributed by atoms with van der Waals surface area (Å²) in [5.74, 6) is 0.376. The first-order chi connectivity index (χ1) is 9.54. The number of aromatic amines is 1. The molecule has 0 aliphatic heterocycles. The van der Waals surface area contributed by atoms with Crippen molar-refractivity contribution in [3.05, 3.63) is 28.6 Å². The van der Waals surface area contributed by atoms with Gasteiger partial charge in [-0.3, -0.25) is 9.89 Å². The van der Waals surface area contributed by atoms with Crippen molar-refractivity contribution in [2.75, 3.05) is 0 Å². The molecule has 0 bridgehead atoms. The monoisotopic (exact) mass is 296 g/mol. The van der Waals surface area contributed by atoms with Crippen LogP contribution in [-0.4, -0.2) is 30.9 Å². The van der Waals surface area contributed by atoms with Gasteiger partial charge >= 0.3 is 0 Å². The second kappa shape index (κ2) is 6.04. The Morgan fingerprint density at radius 2 is 2.35 bits per heavy atom. The van der Waals surface area contributed by atoms with Gasteiger partial charge < -0.3 is 9.88 Å². The highest BCUT2D eigenvalue weighted by Gasteiger charge is 2.20. The maximum absolute atomic E-state index is 12.1. The molecule has 0 aliphatic rings. The van der Waals surface area contributed by atoms with Gasteiger partial charge in [0.1, 0.15) is 6.33 Å². The van der Waals surface area contributed by atoms with Gasteiger partial charge in [-0.15, -0.1) is 10.2 Å². The lowest BCUT2D eigenvalue weighted by molar-refractivity contribution is 0.0932. The van der Waals surface area contributed by atoms with Crippen LogP contribution in [-0.2, 0) is 6.54 Å². The third-order valence-corrected chi connectivity index (χ3v) is 3.40. The Balaban J connectivity index is 2.11. The van der Waals surface area contributed by atoms with Gasteiger partial charge in [0.2, 0.25) is 0 Å². The quantitative estimate of drug-likeness (QED) is 0.881. The zero-order chi connectivity index (χ0) is 14.7. The molecule has 108 valence electrons. The van der Waals surface area contributed by atoms with Crippen LogP contribution in [0.1, 0.15) is 48.3 Å². The lowest BCUT2D eigenvalue weighted by Gasteiger charge is -2.13. The van der Waals surface area contributed by atoms with Crippen LogP contribution in [0.15, 0.2) is 6.33 Å². The van der Waals surface area contributed by atoms with E-state index in [1.165, 1.54) is 0 Å². The number of amides is 1. The Morgan fingerprint density at radius 1 is 1.60 bits per heavy atom. The third-order valence-electron chi connectivity index (χ3n) is 2.93. The highest BCUT2D eigenvalue weighted by Crippen LogP contribution is 2.18. The summed E-state index contributed by atoms with van der Waals surface area (Å²) in [6.45, 7) is 6.49. The van der Waals surface area contributed by atoms with Crippen molar-refractivity contribution in [1.29, 1.82) is 0 Å². The summed E-state index contributed by atoms with van der Waals surface area (Å²) in [5.41, 5.74) is 0.858. The second-order valence-electron chi connectivity index (χ2n) is 4.59. The van der Waals surface area contributed by atoms with E-state index in [1.807, 2.05) is 11.5 Å². The van der Waals surface area contributed by atoms with Gasteiger partial charge in [-0.25, -0.2) is 0 Å². The molecule has 7 nitrogen and oxygen atoms in total. The Labute approximate surface area is 121 Å². The molecule has 0 aliphatic carbocycles. The lowest BCUT2D eigenvalue weighted by Crippen LogP contribution is -2.29. The van der Waals surface area contributed by atoms with E-state index in [9.17, 15) is 4.79 Å². The van der Waals surface area contributed by atoms with Crippen molar-refractivity contribution >= 4 is 17.5 Å². The van der Waals surface area contributed by atoms with Crippen LogP contribution in [0.5, 0.6) is 0 Å². The standard InChI is InChI=1S/C12H17ClN6O/c1-4-5-19-6-14-18-11(19)8(3)15-12(20)10-9(13)7(2)16-17-10/h6,8H,4-5H2,1-3H3,(H,15,20)(H,16,17)/t8-/m1/s1. The van der Waals surface area contributed by atoms with Gasteiger partial charge in [0.25, 0.3) is 5.91 Å². The van der Waals surface area contributed by atoms with E-state index in [0.29, 0.717) is 16.5 Å². The summed E-state index contributed by atoms with van der Waals surface area (Å²) in [7, 11) is 0. The topological polar surface area (TPSA) is 88.5 Å². The molecule has 8 heteroatoms. The van der Waals surface area contributed by atoms with E-state index < -0.39 is 0 Å². The maximum atomic E-state index is 12.1. The largest absolute Gasteiger partial charge is 0.341 e. The van der Waals surface area contributed by atoms with Crippen molar-refractivity contribution in [1.82, 2.24) is 30.3 Å². The van der Waals surface area contributed by atoms with E-state index >= 15 is 0 Å². The molecule has 2 aromatic rings. The highest BCUT2D eigenvalue weighted by atomic mass is 35.5. The molecule has 0 spiro atoms. The maximum Gasteiger partial charge on any atom is 0.273 e. The van der Waals surface area contributed by atoms with Crippen LogP contribution in [0, 0.1) is 6.92 Å². The molecule has 20 heavy (non-hydrogen) atoms. The highest BCUT2D eigenvalue weighted by molar-refractivity contribution is 6.34. The van der Waals surface area contributed by atoms with E-state index in [4.69, 9.17) is 11.6 Å². The lowest BCUT2D eigenvalue weighted by atomic mass is 10.2. The smallest absolute Gasteiger partial charge is 0.273 e. The molecule has 0 unspecified atom stereocenters. The van der Waals surface area contributed by atoms with Crippen LogP contribution < -0.4 is 5.32 Å². The molecule has 0 fully saturated rings. The number of aryl methyl sites for hydroxylation is 2. The summed E-state index contributed by atoms with van der Waals surface area (Å²) in [4.78, 5) is 12.1. The number of nitrogens with one attached hydrogen (secondary N) is 2. The van der Waals surface area contributed by atoms with Crippen LogP contribution in [0.3, 0.4) is 0 Å². The minimum atomic E-state index is -0.335. The zero-order valence-electron chi connectivity index (χ0n) is 11.6. The number of H-pyrrole nitrogens is 1. The van der Waals surface area contributed by atoms with E-state index in [1.54, 1.807) is 13.3 Å². The first-order valence-electron chi connectivity index (χ1n) is 6.43. The molecule has 2 heterocycles. The van der Waals surface area contributed by atoms with Gasteiger partial charge in [-0.05, 0) is 20.3 Å². The normalized spacial score (nSPS) is 12.4. The Morgan fingerprint density at radius 3 is 2.95 bits per heavy atom. The fraction of sp³-hybridized carbons (Fsp3) is 0.500. The first kappa shape index (κ1) is 14.5. The summed E-state index contributed by atoms with van der Waals surface area (Å²) in [6.07, 6.45) is 2.63. The second-order valence-corrected chi connectivity index (χ2v) is 4.97. The molecule has 0 saturated carbocycles. The van der Waals surface area contributed by atoms with Crippen LogP contribution >= 0.6 is 11.6 Å². The Bertz CT molecular complexity index is 605. The summed E-state index contributed by atoms with van der Waals surface area (Å²) in [6, 6.07) is -0.273. The van der Waals surface area contributed by atoms with E-state index in [-0.39, 0.29) is 17.6 Å². The van der Waals surface area contributed by atoms with Gasteiger partial charge in [0.05, 0.1) is 16.8 Å². The Hall–Kier alpha value is -1.89. The van der Waals surface area contributed by atoms with Crippen molar-refractivity contribution in [2.24, 2.45) is 0 Å². The van der Waals surface area contributed by atoms with Gasteiger partial charge in [-0.1, -0.05) is 18.5 Å². The predicted octanol–water partition coefficient (Wildman–Crippen LogP) is 1.86. The SMILES string of the molecule is CCCn1cnnc1[C@@H](C)NC(=O)c1n[nH]c(C)c1Cl. The average Bonchev–Trinajstić information content (AvgIpc) is 2.98. The number of hydrogen-bond donors (Lipinski definition) is 2. The summed E-state index contributed by atoms with van der Waals surface area (Å²) >= 11 is 6.01. The summed E-state index contributed by atoms with van der Waals surface area (Å²) in [5, 5.41) is 17.7. The van der Waals surface area contributed by atoms with Gasteiger partial charge in [0, 0.05) is 6.54 Å². The molecular weight excluding hydrogens is 280 g/mol. The fourth-order valence-electron chi connectivity index (χ4n) is 1.91. The predicted molar refractivity (Wildman–Crippen MR) is 74.5 cm³/mol. The molecule has 2 aromatic heterocycles. The molecule has 2 N–H and O–H groups in total. The minimum Gasteiger partial charge on any atom is -0.341 e. The van der Waals surface area contributed by atoms with Crippen molar-refractivity contribution in [3.8, 4) is 0 Å². The molecule has 0 saturated heterocycles. The number of nitrogens with zero attached hydrogens (tertiary/aromatic N) is 4. The minimum absolute atomic E-state index is 0.192. The van der Waals surface area contributed by atoms with Gasteiger partial charge in [-0.2, -0.15) is 5.10 Å². The van der Waals surface area contributed by atoms with Crippen molar-refractivity contribution < 1.29 is 4.79 Å². The molecule has 0 radical (unpaired) electrons. The number of rotatable bonds is 5. The zero-order valence-corrected chi connectivity index (χ0v) is 12.4. The average molecular weight is 297 g/mol. The third kappa shape index (κ3) is 2.82. The van der Waals surface area contributed by atoms with E-state index in [0.717, 1.165) is 13.0 Å². The summed E-state index contributed by atoms with van der Waals surface area (Å²) < 4.78 is 1.92. The van der Waals surface area contributed by atoms with Crippen molar-refractivity contribution in [3.63, 3.8) is 0 Å². The first-order valence-corrected chi connectivity index (χ1v) is 6.81. The van der Waals surface area contributed by atoms with Crippen molar-refractivity contribution in [2.45, 2.75) is 39.8 Å². The number of aromatic nitrogens is 5. The molecule has 2 rings (SSSR count). The fourth-order valence-corrected chi connectivity index (χ4v) is 2.08. The number of carbonyl (C=O) groups excluding carboxylic acids is 1. The molecule has 1 atom stereocenters.